The first-order valence-corrected chi connectivity index (χ1v) is 5.32. The number of rotatable bonds is 4. The molecule has 1 N–H and O–H groups in total. The molecule has 0 radical (unpaired) electrons. The summed E-state index contributed by atoms with van der Waals surface area (Å²) in [7, 11) is 0. The van der Waals surface area contributed by atoms with E-state index in [0.717, 1.165) is 24.5 Å². The zero-order valence-electron chi connectivity index (χ0n) is 8.78. The molecule has 80 valence electrons. The van der Waals surface area contributed by atoms with Crippen molar-refractivity contribution >= 4 is 6.08 Å². The molecule has 0 unspecified atom stereocenters. The Balaban J connectivity index is 1.89. The normalized spacial score (nSPS) is 20.1. The minimum absolute atomic E-state index is 0.498. The van der Waals surface area contributed by atoms with Crippen molar-refractivity contribution in [1.29, 1.82) is 0 Å². The summed E-state index contributed by atoms with van der Waals surface area (Å²) in [6.07, 6.45) is 7.73. The average Bonchev–Trinajstić information content (AvgIpc) is 2.79. The first kappa shape index (κ1) is 10.2. The Morgan fingerprint density at radius 3 is 3.27 bits per heavy atom. The van der Waals surface area contributed by atoms with E-state index in [0.29, 0.717) is 6.04 Å². The fourth-order valence-electron chi connectivity index (χ4n) is 1.72. The van der Waals surface area contributed by atoms with Gasteiger partial charge in [0.25, 0.3) is 0 Å². The Hall–Kier alpha value is -1.35. The van der Waals surface area contributed by atoms with Crippen LogP contribution in [0, 0.1) is 0 Å². The highest BCUT2D eigenvalue weighted by Crippen LogP contribution is 2.13. The summed E-state index contributed by atoms with van der Waals surface area (Å²) in [5, 5.41) is 3.39. The number of nitrogens with zero attached hydrogens (tertiary/aromatic N) is 1. The van der Waals surface area contributed by atoms with Crippen molar-refractivity contribution in [1.82, 2.24) is 10.3 Å². The van der Waals surface area contributed by atoms with Gasteiger partial charge in [-0.25, -0.2) is 0 Å². The molecule has 0 spiro atoms. The molecular formula is C12H16N2O. The van der Waals surface area contributed by atoms with Gasteiger partial charge in [0, 0.05) is 12.2 Å². The molecule has 15 heavy (non-hydrogen) atoms. The number of hydrogen-bond acceptors (Lipinski definition) is 3. The Morgan fingerprint density at radius 2 is 2.53 bits per heavy atom. The quantitative estimate of drug-likeness (QED) is 0.812. The summed E-state index contributed by atoms with van der Waals surface area (Å²) in [5.74, 6) is 0.820. The van der Waals surface area contributed by atoms with Crippen LogP contribution in [0.15, 0.2) is 25.0 Å². The van der Waals surface area contributed by atoms with Gasteiger partial charge in [-0.3, -0.25) is 4.98 Å². The van der Waals surface area contributed by atoms with Gasteiger partial charge in [0.05, 0.1) is 6.20 Å². The van der Waals surface area contributed by atoms with Crippen LogP contribution in [0.25, 0.3) is 6.08 Å². The van der Waals surface area contributed by atoms with Crippen LogP contribution in [0.4, 0.5) is 0 Å². The van der Waals surface area contributed by atoms with Crippen LogP contribution in [0.3, 0.4) is 0 Å². The molecule has 1 aliphatic rings. The van der Waals surface area contributed by atoms with Crippen LogP contribution in [0.2, 0.25) is 0 Å². The summed E-state index contributed by atoms with van der Waals surface area (Å²) in [6.45, 7) is 5.54. The van der Waals surface area contributed by atoms with E-state index >= 15 is 0 Å². The number of aromatic nitrogens is 1. The van der Waals surface area contributed by atoms with Gasteiger partial charge in [-0.05, 0) is 31.0 Å². The van der Waals surface area contributed by atoms with E-state index < -0.39 is 0 Å². The zero-order valence-corrected chi connectivity index (χ0v) is 8.78. The molecule has 2 rings (SSSR count). The van der Waals surface area contributed by atoms with E-state index in [1.165, 1.54) is 12.8 Å². The molecular weight excluding hydrogens is 188 g/mol. The zero-order chi connectivity index (χ0) is 10.5. The summed E-state index contributed by atoms with van der Waals surface area (Å²) in [6, 6.07) is 2.45. The van der Waals surface area contributed by atoms with Crippen molar-refractivity contribution in [2.45, 2.75) is 18.9 Å². The highest BCUT2D eigenvalue weighted by atomic mass is 16.5. The molecule has 0 saturated carbocycles. The van der Waals surface area contributed by atoms with Gasteiger partial charge >= 0.3 is 0 Å². The Morgan fingerprint density at radius 1 is 1.60 bits per heavy atom. The maximum atomic E-state index is 5.66. The highest BCUT2D eigenvalue weighted by Gasteiger charge is 2.14. The smallest absolute Gasteiger partial charge is 0.138 e. The molecule has 1 fully saturated rings. The van der Waals surface area contributed by atoms with Crippen LogP contribution >= 0.6 is 0 Å². The summed E-state index contributed by atoms with van der Waals surface area (Å²) >= 11 is 0. The van der Waals surface area contributed by atoms with Crippen LogP contribution in [0.1, 0.15) is 18.4 Å². The second-order valence-corrected chi connectivity index (χ2v) is 3.76. The predicted molar refractivity (Wildman–Crippen MR) is 60.8 cm³/mol. The van der Waals surface area contributed by atoms with Gasteiger partial charge in [0.1, 0.15) is 12.4 Å². The van der Waals surface area contributed by atoms with E-state index in [9.17, 15) is 0 Å². The lowest BCUT2D eigenvalue weighted by Gasteiger charge is -2.11. The predicted octanol–water partition coefficient (Wildman–Crippen LogP) is 1.86. The highest BCUT2D eigenvalue weighted by molar-refractivity contribution is 5.47. The SMILES string of the molecule is C=Cc1cncc(OC[C@@H]2CCCN2)c1. The van der Waals surface area contributed by atoms with E-state index in [2.05, 4.69) is 16.9 Å². The first-order chi connectivity index (χ1) is 7.38. The molecule has 1 aliphatic heterocycles. The number of ether oxygens (including phenoxy) is 1. The largest absolute Gasteiger partial charge is 0.490 e. The lowest BCUT2D eigenvalue weighted by Crippen LogP contribution is -2.28. The summed E-state index contributed by atoms with van der Waals surface area (Å²) in [4.78, 5) is 4.08. The fraction of sp³-hybridized carbons (Fsp3) is 0.417. The van der Waals surface area contributed by atoms with E-state index in [4.69, 9.17) is 4.74 Å². The van der Waals surface area contributed by atoms with Gasteiger partial charge in [-0.15, -0.1) is 0 Å². The average molecular weight is 204 g/mol. The molecule has 1 aromatic rings. The number of nitrogens with one attached hydrogen (secondary N) is 1. The van der Waals surface area contributed by atoms with Crippen molar-refractivity contribution in [2.75, 3.05) is 13.2 Å². The van der Waals surface area contributed by atoms with Gasteiger partial charge < -0.3 is 10.1 Å². The third-order valence-corrected chi connectivity index (χ3v) is 2.58. The van der Waals surface area contributed by atoms with Gasteiger partial charge in [0.15, 0.2) is 0 Å². The molecule has 0 amide bonds. The first-order valence-electron chi connectivity index (χ1n) is 5.32. The molecule has 1 atom stereocenters. The van der Waals surface area contributed by atoms with Gasteiger partial charge in [-0.2, -0.15) is 0 Å². The van der Waals surface area contributed by atoms with E-state index in [-0.39, 0.29) is 0 Å². The van der Waals surface area contributed by atoms with E-state index in [1.54, 1.807) is 18.5 Å². The molecule has 0 aromatic carbocycles. The van der Waals surface area contributed by atoms with Gasteiger partial charge in [0.2, 0.25) is 0 Å². The Bertz CT molecular complexity index is 332. The van der Waals surface area contributed by atoms with Crippen molar-refractivity contribution in [2.24, 2.45) is 0 Å². The molecule has 1 saturated heterocycles. The molecule has 2 heterocycles. The number of pyridine rings is 1. The van der Waals surface area contributed by atoms with Crippen molar-refractivity contribution < 1.29 is 4.74 Å². The van der Waals surface area contributed by atoms with Crippen molar-refractivity contribution in [3.8, 4) is 5.75 Å². The second kappa shape index (κ2) is 4.94. The van der Waals surface area contributed by atoms with Crippen LogP contribution in [0.5, 0.6) is 5.75 Å². The minimum atomic E-state index is 0.498. The monoisotopic (exact) mass is 204 g/mol. The Labute approximate surface area is 90.2 Å². The molecule has 3 nitrogen and oxygen atoms in total. The minimum Gasteiger partial charge on any atom is -0.490 e. The topological polar surface area (TPSA) is 34.1 Å². The standard InChI is InChI=1S/C12H16N2O/c1-2-10-6-12(8-13-7-10)15-9-11-4-3-5-14-11/h2,6-8,11,14H,1,3-5,9H2/t11-/m0/s1. The Kier molecular flexibility index (Phi) is 3.35. The second-order valence-electron chi connectivity index (χ2n) is 3.76. The van der Waals surface area contributed by atoms with Crippen LogP contribution in [-0.2, 0) is 0 Å². The number of hydrogen-bond donors (Lipinski definition) is 1. The molecule has 0 bridgehead atoms. The van der Waals surface area contributed by atoms with E-state index in [1.807, 2.05) is 6.07 Å². The fourth-order valence-corrected chi connectivity index (χ4v) is 1.72. The molecule has 1 aromatic heterocycles. The lowest BCUT2D eigenvalue weighted by atomic mass is 10.2. The van der Waals surface area contributed by atoms with Crippen molar-refractivity contribution in [3.05, 3.63) is 30.6 Å². The lowest BCUT2D eigenvalue weighted by molar-refractivity contribution is 0.276. The third-order valence-electron chi connectivity index (χ3n) is 2.58. The van der Waals surface area contributed by atoms with Crippen LogP contribution in [-0.4, -0.2) is 24.2 Å². The third kappa shape index (κ3) is 2.80. The maximum absolute atomic E-state index is 5.66. The van der Waals surface area contributed by atoms with Crippen molar-refractivity contribution in [3.63, 3.8) is 0 Å². The maximum Gasteiger partial charge on any atom is 0.138 e. The van der Waals surface area contributed by atoms with Crippen LogP contribution < -0.4 is 10.1 Å². The molecule has 3 heteroatoms. The summed E-state index contributed by atoms with van der Waals surface area (Å²) in [5.41, 5.74) is 0.992. The molecule has 0 aliphatic carbocycles. The summed E-state index contributed by atoms with van der Waals surface area (Å²) < 4.78 is 5.66. The van der Waals surface area contributed by atoms with Gasteiger partial charge in [-0.1, -0.05) is 12.7 Å².